The quantitative estimate of drug-likeness (QED) is 0.628. The van der Waals surface area contributed by atoms with Crippen LogP contribution in [0, 0.1) is 15.9 Å². The van der Waals surface area contributed by atoms with Gasteiger partial charge in [0, 0.05) is 30.8 Å². The van der Waals surface area contributed by atoms with E-state index in [0.717, 1.165) is 31.5 Å². The number of hydrogen-bond donors (Lipinski definition) is 0. The van der Waals surface area contributed by atoms with Crippen molar-refractivity contribution in [3.63, 3.8) is 0 Å². The molecule has 1 unspecified atom stereocenters. The van der Waals surface area contributed by atoms with Crippen LogP contribution in [0.25, 0.3) is 0 Å². The fourth-order valence-corrected chi connectivity index (χ4v) is 2.67. The van der Waals surface area contributed by atoms with Gasteiger partial charge in [-0.05, 0) is 39.1 Å². The summed E-state index contributed by atoms with van der Waals surface area (Å²) < 4.78 is 13.6. The standard InChI is InChI=1S/C14H18FN3O3/c1-16(2)9-11-4-3-7-17(11)14(19)10-5-6-13(18(20)21)12(15)8-10/h5-6,8,11H,3-4,7,9H2,1-2H3. The molecule has 0 saturated carbocycles. The van der Waals surface area contributed by atoms with Crippen molar-refractivity contribution in [2.24, 2.45) is 0 Å². The van der Waals surface area contributed by atoms with E-state index >= 15 is 0 Å². The third-order valence-corrected chi connectivity index (χ3v) is 3.61. The Kier molecular flexibility index (Phi) is 4.52. The molecule has 1 aromatic rings. The third kappa shape index (κ3) is 3.36. The molecule has 7 heteroatoms. The molecule has 1 heterocycles. The Bertz CT molecular complexity index is 562. The number of benzene rings is 1. The Balaban J connectivity index is 2.19. The summed E-state index contributed by atoms with van der Waals surface area (Å²) in [6.07, 6.45) is 1.83. The lowest BCUT2D eigenvalue weighted by Crippen LogP contribution is -2.41. The highest BCUT2D eigenvalue weighted by Crippen LogP contribution is 2.23. The average molecular weight is 295 g/mol. The highest BCUT2D eigenvalue weighted by atomic mass is 19.1. The highest BCUT2D eigenvalue weighted by molar-refractivity contribution is 5.94. The van der Waals surface area contributed by atoms with Crippen LogP contribution in [-0.4, -0.2) is 53.9 Å². The molecule has 1 aliphatic rings. The van der Waals surface area contributed by atoms with E-state index in [2.05, 4.69) is 0 Å². The Morgan fingerprint density at radius 3 is 2.81 bits per heavy atom. The molecule has 0 bridgehead atoms. The average Bonchev–Trinajstić information content (AvgIpc) is 2.84. The molecule has 114 valence electrons. The van der Waals surface area contributed by atoms with Gasteiger partial charge in [-0.15, -0.1) is 0 Å². The van der Waals surface area contributed by atoms with Gasteiger partial charge in [0.15, 0.2) is 0 Å². The maximum absolute atomic E-state index is 13.6. The predicted molar refractivity (Wildman–Crippen MR) is 75.7 cm³/mol. The number of rotatable bonds is 4. The summed E-state index contributed by atoms with van der Waals surface area (Å²) in [5, 5.41) is 10.6. The van der Waals surface area contributed by atoms with Crippen molar-refractivity contribution in [3.8, 4) is 0 Å². The van der Waals surface area contributed by atoms with Crippen molar-refractivity contribution < 1.29 is 14.1 Å². The summed E-state index contributed by atoms with van der Waals surface area (Å²) in [6.45, 7) is 1.39. The summed E-state index contributed by atoms with van der Waals surface area (Å²) in [5.74, 6) is -1.25. The number of nitrogens with zero attached hydrogens (tertiary/aromatic N) is 3. The summed E-state index contributed by atoms with van der Waals surface area (Å²) >= 11 is 0. The van der Waals surface area contributed by atoms with Crippen LogP contribution >= 0.6 is 0 Å². The van der Waals surface area contributed by atoms with Gasteiger partial charge in [-0.2, -0.15) is 4.39 Å². The van der Waals surface area contributed by atoms with Gasteiger partial charge in [0.2, 0.25) is 5.82 Å². The zero-order chi connectivity index (χ0) is 15.6. The number of carbonyl (C=O) groups excluding carboxylic acids is 1. The van der Waals surface area contributed by atoms with Crippen molar-refractivity contribution in [2.45, 2.75) is 18.9 Å². The molecule has 0 aliphatic carbocycles. The van der Waals surface area contributed by atoms with Crippen LogP contribution in [0.5, 0.6) is 0 Å². The number of nitro benzene ring substituents is 1. The molecule has 21 heavy (non-hydrogen) atoms. The fourth-order valence-electron chi connectivity index (χ4n) is 2.67. The second-order valence-corrected chi connectivity index (χ2v) is 5.48. The highest BCUT2D eigenvalue weighted by Gasteiger charge is 2.30. The van der Waals surface area contributed by atoms with E-state index < -0.39 is 16.4 Å². The van der Waals surface area contributed by atoms with Gasteiger partial charge in [0.05, 0.1) is 4.92 Å². The minimum atomic E-state index is -0.978. The van der Waals surface area contributed by atoms with Crippen molar-refractivity contribution in [1.29, 1.82) is 0 Å². The van der Waals surface area contributed by atoms with Gasteiger partial charge in [0.1, 0.15) is 0 Å². The second kappa shape index (κ2) is 6.17. The first-order valence-corrected chi connectivity index (χ1v) is 6.80. The molecule has 0 spiro atoms. The summed E-state index contributed by atoms with van der Waals surface area (Å²) in [7, 11) is 3.87. The summed E-state index contributed by atoms with van der Waals surface area (Å²) in [5.41, 5.74) is -0.457. The number of likely N-dealkylation sites (tertiary alicyclic amines) is 1. The van der Waals surface area contributed by atoms with Gasteiger partial charge in [-0.3, -0.25) is 14.9 Å². The molecule has 6 nitrogen and oxygen atoms in total. The Morgan fingerprint density at radius 2 is 2.24 bits per heavy atom. The Labute approximate surface area is 122 Å². The van der Waals surface area contributed by atoms with Crippen LogP contribution < -0.4 is 0 Å². The van der Waals surface area contributed by atoms with Crippen LogP contribution in [-0.2, 0) is 0 Å². The number of nitro groups is 1. The fraction of sp³-hybridized carbons (Fsp3) is 0.500. The van der Waals surface area contributed by atoms with Crippen LogP contribution in [0.2, 0.25) is 0 Å². The van der Waals surface area contributed by atoms with E-state index in [1.165, 1.54) is 6.07 Å². The maximum Gasteiger partial charge on any atom is 0.304 e. The topological polar surface area (TPSA) is 66.7 Å². The SMILES string of the molecule is CN(C)CC1CCCN1C(=O)c1ccc([N+](=O)[O-])c(F)c1. The van der Waals surface area contributed by atoms with Gasteiger partial charge in [-0.25, -0.2) is 0 Å². The molecule has 1 aliphatic heterocycles. The van der Waals surface area contributed by atoms with E-state index in [1.807, 2.05) is 19.0 Å². The van der Waals surface area contributed by atoms with Gasteiger partial charge in [-0.1, -0.05) is 0 Å². The molecule has 0 radical (unpaired) electrons. The molecule has 1 fully saturated rings. The van der Waals surface area contributed by atoms with Crippen LogP contribution in [0.1, 0.15) is 23.2 Å². The van der Waals surface area contributed by atoms with E-state index in [9.17, 15) is 19.3 Å². The number of amides is 1. The molecular formula is C14H18FN3O3. The minimum absolute atomic E-state index is 0.103. The Hall–Kier alpha value is -2.02. The maximum atomic E-state index is 13.6. The van der Waals surface area contributed by atoms with Gasteiger partial charge in [0.25, 0.3) is 5.91 Å². The Morgan fingerprint density at radius 1 is 1.52 bits per heavy atom. The molecule has 1 atom stereocenters. The van der Waals surface area contributed by atoms with Crippen molar-refractivity contribution >= 4 is 11.6 Å². The zero-order valence-electron chi connectivity index (χ0n) is 12.1. The first-order chi connectivity index (χ1) is 9.90. The number of likely N-dealkylation sites (N-methyl/N-ethyl adjacent to an activating group) is 1. The first kappa shape index (κ1) is 15.4. The van der Waals surface area contributed by atoms with Gasteiger partial charge < -0.3 is 9.80 Å². The van der Waals surface area contributed by atoms with E-state index in [0.29, 0.717) is 6.54 Å². The molecular weight excluding hydrogens is 277 g/mol. The minimum Gasteiger partial charge on any atom is -0.334 e. The van der Waals surface area contributed by atoms with Crippen molar-refractivity contribution in [1.82, 2.24) is 9.80 Å². The summed E-state index contributed by atoms with van der Waals surface area (Å²) in [6, 6.07) is 3.41. The normalized spacial score (nSPS) is 18.3. The molecule has 0 N–H and O–H groups in total. The lowest BCUT2D eigenvalue weighted by Gasteiger charge is -2.27. The predicted octanol–water partition coefficient (Wildman–Crippen LogP) is 1.90. The van der Waals surface area contributed by atoms with E-state index in [1.54, 1.807) is 4.90 Å². The molecule has 0 aromatic heterocycles. The van der Waals surface area contributed by atoms with Crippen LogP contribution in [0.15, 0.2) is 18.2 Å². The largest absolute Gasteiger partial charge is 0.334 e. The van der Waals surface area contributed by atoms with Crippen LogP contribution in [0.4, 0.5) is 10.1 Å². The second-order valence-electron chi connectivity index (χ2n) is 5.48. The number of halogens is 1. The van der Waals surface area contributed by atoms with Crippen molar-refractivity contribution in [3.05, 3.63) is 39.7 Å². The lowest BCUT2D eigenvalue weighted by molar-refractivity contribution is -0.387. The molecule has 1 saturated heterocycles. The number of hydrogen-bond acceptors (Lipinski definition) is 4. The van der Waals surface area contributed by atoms with Crippen molar-refractivity contribution in [2.75, 3.05) is 27.2 Å². The molecule has 1 amide bonds. The van der Waals surface area contributed by atoms with E-state index in [-0.39, 0.29) is 17.5 Å². The van der Waals surface area contributed by atoms with E-state index in [4.69, 9.17) is 0 Å². The van der Waals surface area contributed by atoms with Crippen LogP contribution in [0.3, 0.4) is 0 Å². The smallest absolute Gasteiger partial charge is 0.304 e. The third-order valence-electron chi connectivity index (χ3n) is 3.61. The summed E-state index contributed by atoms with van der Waals surface area (Å²) in [4.78, 5) is 26.0. The number of carbonyl (C=O) groups is 1. The lowest BCUT2D eigenvalue weighted by atomic mass is 10.1. The first-order valence-electron chi connectivity index (χ1n) is 6.80. The molecule has 1 aromatic carbocycles. The van der Waals surface area contributed by atoms with Gasteiger partial charge >= 0.3 is 5.69 Å². The zero-order valence-corrected chi connectivity index (χ0v) is 12.1. The monoisotopic (exact) mass is 295 g/mol. The molecule has 2 rings (SSSR count).